The van der Waals surface area contributed by atoms with Gasteiger partial charge in [-0.2, -0.15) is 5.26 Å². The van der Waals surface area contributed by atoms with Gasteiger partial charge in [-0.25, -0.2) is 19.4 Å². The third kappa shape index (κ3) is 7.11. The number of H-pyrrole nitrogens is 1. The van der Waals surface area contributed by atoms with E-state index in [0.717, 1.165) is 27.8 Å². The van der Waals surface area contributed by atoms with E-state index >= 15 is 0 Å². The predicted molar refractivity (Wildman–Crippen MR) is 200 cm³/mol. The number of nitrogens with zero attached hydrogens (tertiary/aromatic N) is 3. The number of rotatable bonds is 7. The predicted octanol–water partition coefficient (Wildman–Crippen LogP) is 9.35. The van der Waals surface area contributed by atoms with Crippen molar-refractivity contribution in [3.63, 3.8) is 0 Å². The normalized spacial score (nSPS) is 13.1. The lowest BCUT2D eigenvalue weighted by Gasteiger charge is -2.16. The van der Waals surface area contributed by atoms with E-state index in [4.69, 9.17) is 30.2 Å². The molecule has 10 heteroatoms. The fraction of sp³-hybridized carbons (Fsp3) is 0.0930. The second kappa shape index (κ2) is 14.1. The minimum absolute atomic E-state index is 0.0115. The highest BCUT2D eigenvalue weighted by molar-refractivity contribution is 6.20. The maximum atomic E-state index is 14.0. The van der Waals surface area contributed by atoms with Gasteiger partial charge in [-0.05, 0) is 111 Å². The van der Waals surface area contributed by atoms with Crippen molar-refractivity contribution in [1.29, 1.82) is 5.26 Å². The molecule has 1 aliphatic rings. The molecule has 4 aromatic carbocycles. The lowest BCUT2D eigenvalue weighted by molar-refractivity contribution is -0.129. The molecule has 0 saturated heterocycles. The molecule has 0 aliphatic carbocycles. The Labute approximate surface area is 304 Å². The highest BCUT2D eigenvalue weighted by Crippen LogP contribution is 2.39. The smallest absolute Gasteiger partial charge is 0.349 e. The fourth-order valence-electron chi connectivity index (χ4n) is 6.24. The van der Waals surface area contributed by atoms with Gasteiger partial charge in [0.15, 0.2) is 11.6 Å². The number of nitriles is 1. The summed E-state index contributed by atoms with van der Waals surface area (Å²) in [6.07, 6.45) is 1.63. The van der Waals surface area contributed by atoms with Gasteiger partial charge < -0.3 is 23.6 Å². The van der Waals surface area contributed by atoms with Crippen LogP contribution in [-0.2, 0) is 4.79 Å². The molecule has 0 atom stereocenters. The SMILES string of the molecule is [C-]#[N+]c1ccc(Oc2cc(C)c(/C(=C3/C=C(C(=O)Oc4ccc5ccc(=O)oc5c4)C(Oc4ccc(C#N)cc4)=N3)c3c(C)cc(C)cc3C)[nH]2)cc1. The van der Waals surface area contributed by atoms with Crippen LogP contribution >= 0.6 is 0 Å². The molecule has 0 saturated carbocycles. The topological polar surface area (TPSA) is 131 Å². The molecule has 7 rings (SSSR count). The van der Waals surface area contributed by atoms with Gasteiger partial charge in [0.1, 0.15) is 28.4 Å². The molecular weight excluding hydrogens is 668 g/mol. The largest absolute Gasteiger partial charge is 0.441 e. The van der Waals surface area contributed by atoms with Gasteiger partial charge in [-0.3, -0.25) is 0 Å². The van der Waals surface area contributed by atoms with Crippen molar-refractivity contribution in [2.24, 2.45) is 4.99 Å². The Morgan fingerprint density at radius 3 is 2.19 bits per heavy atom. The van der Waals surface area contributed by atoms with Crippen molar-refractivity contribution in [1.82, 2.24) is 4.98 Å². The first-order valence-electron chi connectivity index (χ1n) is 16.5. The Kier molecular flexibility index (Phi) is 9.03. The number of hydrogen-bond acceptors (Lipinski definition) is 8. The van der Waals surface area contributed by atoms with Crippen LogP contribution in [0.15, 0.2) is 129 Å². The Bertz CT molecular complexity index is 2660. The number of aryl methyl sites for hydroxylation is 4. The number of carbonyl (C=O) groups excluding carboxylic acids is 1. The van der Waals surface area contributed by atoms with Crippen LogP contribution in [-0.4, -0.2) is 16.9 Å². The van der Waals surface area contributed by atoms with E-state index in [9.17, 15) is 14.9 Å². The molecule has 258 valence electrons. The van der Waals surface area contributed by atoms with Gasteiger partial charge in [-0.15, -0.1) is 0 Å². The summed E-state index contributed by atoms with van der Waals surface area (Å²) in [6.45, 7) is 15.3. The third-order valence-electron chi connectivity index (χ3n) is 8.57. The Morgan fingerprint density at radius 2 is 1.49 bits per heavy atom. The summed E-state index contributed by atoms with van der Waals surface area (Å²) in [4.78, 5) is 37.6. The van der Waals surface area contributed by atoms with E-state index in [1.54, 1.807) is 72.8 Å². The Hall–Kier alpha value is -7.43. The number of allylic oxidation sites excluding steroid dienone is 1. The quantitative estimate of drug-likeness (QED) is 0.0761. The van der Waals surface area contributed by atoms with Crippen LogP contribution in [0.3, 0.4) is 0 Å². The first-order chi connectivity index (χ1) is 25.6. The molecule has 53 heavy (non-hydrogen) atoms. The summed E-state index contributed by atoms with van der Waals surface area (Å²) >= 11 is 0. The highest BCUT2D eigenvalue weighted by atomic mass is 16.5. The third-order valence-corrected chi connectivity index (χ3v) is 8.57. The molecule has 0 bridgehead atoms. The number of aliphatic imine (C=N–C) groups is 1. The summed E-state index contributed by atoms with van der Waals surface area (Å²) in [5.41, 5.74) is 7.39. The maximum absolute atomic E-state index is 14.0. The van der Waals surface area contributed by atoms with E-state index in [1.165, 1.54) is 12.1 Å². The van der Waals surface area contributed by atoms with Crippen LogP contribution in [0.2, 0.25) is 0 Å². The minimum atomic E-state index is -0.753. The summed E-state index contributed by atoms with van der Waals surface area (Å²) < 4.78 is 23.5. The van der Waals surface area contributed by atoms with E-state index in [0.29, 0.717) is 51.0 Å². The molecular formula is C43H30N4O6. The van der Waals surface area contributed by atoms with Gasteiger partial charge in [0.05, 0.1) is 29.6 Å². The summed E-state index contributed by atoms with van der Waals surface area (Å²) in [7, 11) is 0. The van der Waals surface area contributed by atoms with Gasteiger partial charge in [0.2, 0.25) is 5.90 Å². The summed E-state index contributed by atoms with van der Waals surface area (Å²) in [5.74, 6) is 0.771. The number of carbonyl (C=O) groups is 1. The number of aromatic nitrogens is 1. The van der Waals surface area contributed by atoms with Crippen LogP contribution in [0.4, 0.5) is 5.69 Å². The lowest BCUT2D eigenvalue weighted by atomic mass is 9.89. The molecule has 1 aliphatic heterocycles. The van der Waals surface area contributed by atoms with Crippen molar-refractivity contribution in [3.8, 4) is 29.2 Å². The van der Waals surface area contributed by atoms with Crippen LogP contribution in [0.5, 0.6) is 23.1 Å². The van der Waals surface area contributed by atoms with E-state index in [-0.39, 0.29) is 22.8 Å². The van der Waals surface area contributed by atoms with Crippen molar-refractivity contribution in [2.75, 3.05) is 0 Å². The number of hydrogen-bond donors (Lipinski definition) is 1. The molecule has 0 unspecified atom stereocenters. The summed E-state index contributed by atoms with van der Waals surface area (Å²) in [5, 5.41) is 9.98. The molecule has 0 amide bonds. The number of esters is 1. The van der Waals surface area contributed by atoms with E-state index in [2.05, 4.69) is 28.0 Å². The number of nitrogens with one attached hydrogen (secondary N) is 1. The molecule has 0 spiro atoms. The second-order valence-corrected chi connectivity index (χ2v) is 12.5. The minimum Gasteiger partial charge on any atom is -0.441 e. The summed E-state index contributed by atoms with van der Waals surface area (Å²) in [6, 6.07) is 29.1. The van der Waals surface area contributed by atoms with Gasteiger partial charge >= 0.3 is 11.6 Å². The first kappa shape index (κ1) is 34.0. The number of benzene rings is 4. The molecule has 0 radical (unpaired) electrons. The van der Waals surface area contributed by atoms with Crippen molar-refractivity contribution in [3.05, 3.63) is 175 Å². The Morgan fingerprint density at radius 1 is 0.830 bits per heavy atom. The standard InChI is InChI=1S/C43H30N4O6/c1-24-18-25(2)39(26(3)19-24)40(41-27(4)20-37(47-41)50-31-15-10-30(45-5)11-16-31)35-22-34(42(46-35)51-32-12-6-28(23-44)7-13-32)43(49)52-33-14-8-29-9-17-38(48)53-36(29)21-33/h6-22,47H,1-4H3/b40-35-. The van der Waals surface area contributed by atoms with Gasteiger partial charge in [0.25, 0.3) is 0 Å². The zero-order chi connectivity index (χ0) is 37.2. The van der Waals surface area contributed by atoms with Crippen molar-refractivity contribution >= 4 is 34.1 Å². The van der Waals surface area contributed by atoms with Crippen molar-refractivity contribution < 1.29 is 23.4 Å². The zero-order valence-corrected chi connectivity index (χ0v) is 29.1. The second-order valence-electron chi connectivity index (χ2n) is 12.5. The molecule has 3 heterocycles. The number of fused-ring (bicyclic) bond motifs is 1. The van der Waals surface area contributed by atoms with Crippen LogP contribution < -0.4 is 19.8 Å². The van der Waals surface area contributed by atoms with Gasteiger partial charge in [0, 0.05) is 29.2 Å². The van der Waals surface area contributed by atoms with E-state index in [1.807, 2.05) is 33.8 Å². The molecule has 2 aromatic heterocycles. The van der Waals surface area contributed by atoms with Crippen LogP contribution in [0, 0.1) is 45.6 Å². The average molecular weight is 699 g/mol. The maximum Gasteiger partial charge on any atom is 0.349 e. The monoisotopic (exact) mass is 698 g/mol. The fourth-order valence-corrected chi connectivity index (χ4v) is 6.24. The molecule has 0 fully saturated rings. The first-order valence-corrected chi connectivity index (χ1v) is 16.5. The number of ether oxygens (including phenoxy) is 3. The van der Waals surface area contributed by atoms with Crippen LogP contribution in [0.25, 0.3) is 21.4 Å². The van der Waals surface area contributed by atoms with E-state index < -0.39 is 11.6 Å². The van der Waals surface area contributed by atoms with Gasteiger partial charge in [-0.1, -0.05) is 29.8 Å². The average Bonchev–Trinajstić information content (AvgIpc) is 3.72. The number of aromatic amines is 1. The molecule has 10 nitrogen and oxygen atoms in total. The van der Waals surface area contributed by atoms with Crippen LogP contribution in [0.1, 0.15) is 39.1 Å². The zero-order valence-electron chi connectivity index (χ0n) is 29.1. The molecule has 6 aromatic rings. The van der Waals surface area contributed by atoms with Crippen molar-refractivity contribution in [2.45, 2.75) is 27.7 Å². The lowest BCUT2D eigenvalue weighted by Crippen LogP contribution is -2.20. The highest BCUT2D eigenvalue weighted by Gasteiger charge is 2.30. The Balaban J connectivity index is 1.37. The molecule has 1 N–H and O–H groups in total.